The highest BCUT2D eigenvalue weighted by Crippen LogP contribution is 2.20. The third kappa shape index (κ3) is 3.06. The van der Waals surface area contributed by atoms with Crippen LogP contribution in [-0.2, 0) is 6.42 Å². The molecule has 1 fully saturated rings. The van der Waals surface area contributed by atoms with Crippen molar-refractivity contribution in [2.24, 2.45) is 5.73 Å². The summed E-state index contributed by atoms with van der Waals surface area (Å²) >= 11 is 0. The lowest BCUT2D eigenvalue weighted by Crippen LogP contribution is -2.46. The number of rotatable bonds is 4. The van der Waals surface area contributed by atoms with Crippen LogP contribution < -0.4 is 11.1 Å². The molecule has 3 nitrogen and oxygen atoms in total. The summed E-state index contributed by atoms with van der Waals surface area (Å²) in [7, 11) is 0. The first-order chi connectivity index (χ1) is 8.35. The molecule has 0 aliphatic carbocycles. The monoisotopic (exact) mass is 233 g/mol. The molecule has 0 bridgehead atoms. The van der Waals surface area contributed by atoms with Crippen LogP contribution in [0, 0.1) is 0 Å². The Kier molecular flexibility index (Phi) is 4.54. The minimum Gasteiger partial charge on any atom is -0.329 e. The first kappa shape index (κ1) is 12.6. The highest BCUT2D eigenvalue weighted by atomic mass is 15.2. The summed E-state index contributed by atoms with van der Waals surface area (Å²) in [6.45, 7) is 7.22. The van der Waals surface area contributed by atoms with Gasteiger partial charge in [0.15, 0.2) is 0 Å². The van der Waals surface area contributed by atoms with Crippen LogP contribution in [0.5, 0.6) is 0 Å². The predicted octanol–water partition coefficient (Wildman–Crippen LogP) is 1.15. The van der Waals surface area contributed by atoms with E-state index in [0.717, 1.165) is 32.6 Å². The predicted molar refractivity (Wildman–Crippen MR) is 72.1 cm³/mol. The van der Waals surface area contributed by atoms with Crippen LogP contribution >= 0.6 is 0 Å². The van der Waals surface area contributed by atoms with Crippen LogP contribution in [0.4, 0.5) is 0 Å². The first-order valence-corrected chi connectivity index (χ1v) is 6.58. The van der Waals surface area contributed by atoms with Crippen molar-refractivity contribution in [3.63, 3.8) is 0 Å². The standard InChI is InChI=1S/C14H23N3/c1-2-12-3-5-13(6-4-12)14(11-15)17-9-7-16-8-10-17/h3-6,14,16H,2,7-11,15H2,1H3. The zero-order chi connectivity index (χ0) is 12.1. The van der Waals surface area contributed by atoms with Crippen molar-refractivity contribution in [3.8, 4) is 0 Å². The quantitative estimate of drug-likeness (QED) is 0.820. The Morgan fingerprint density at radius 3 is 2.41 bits per heavy atom. The van der Waals surface area contributed by atoms with E-state index in [-0.39, 0.29) is 0 Å². The average Bonchev–Trinajstić information content (AvgIpc) is 2.42. The fraction of sp³-hybridized carbons (Fsp3) is 0.571. The Morgan fingerprint density at radius 1 is 1.24 bits per heavy atom. The Bertz CT molecular complexity index is 328. The van der Waals surface area contributed by atoms with Gasteiger partial charge in [0, 0.05) is 38.8 Å². The molecule has 0 radical (unpaired) electrons. The molecule has 1 saturated heterocycles. The van der Waals surface area contributed by atoms with E-state index in [2.05, 4.69) is 41.4 Å². The van der Waals surface area contributed by atoms with Crippen molar-refractivity contribution in [2.75, 3.05) is 32.7 Å². The van der Waals surface area contributed by atoms with Gasteiger partial charge in [-0.15, -0.1) is 0 Å². The summed E-state index contributed by atoms with van der Waals surface area (Å²) in [6.07, 6.45) is 1.10. The zero-order valence-electron chi connectivity index (χ0n) is 10.7. The Hall–Kier alpha value is -0.900. The number of hydrogen-bond donors (Lipinski definition) is 2. The summed E-state index contributed by atoms with van der Waals surface area (Å²) in [6, 6.07) is 9.29. The summed E-state index contributed by atoms with van der Waals surface area (Å²) in [5.41, 5.74) is 8.69. The summed E-state index contributed by atoms with van der Waals surface area (Å²) < 4.78 is 0. The molecule has 1 aromatic carbocycles. The molecular weight excluding hydrogens is 210 g/mol. The SMILES string of the molecule is CCc1ccc(C(CN)N2CCNCC2)cc1. The van der Waals surface area contributed by atoms with Crippen LogP contribution in [0.1, 0.15) is 24.1 Å². The van der Waals surface area contributed by atoms with E-state index in [1.165, 1.54) is 11.1 Å². The molecule has 2 rings (SSSR count). The van der Waals surface area contributed by atoms with Crippen molar-refractivity contribution in [2.45, 2.75) is 19.4 Å². The van der Waals surface area contributed by atoms with Gasteiger partial charge in [0.25, 0.3) is 0 Å². The van der Waals surface area contributed by atoms with Gasteiger partial charge in [0.1, 0.15) is 0 Å². The molecule has 1 aliphatic heterocycles. The van der Waals surface area contributed by atoms with Crippen LogP contribution in [0.25, 0.3) is 0 Å². The van der Waals surface area contributed by atoms with Gasteiger partial charge in [-0.05, 0) is 17.5 Å². The van der Waals surface area contributed by atoms with E-state index in [0.29, 0.717) is 12.6 Å². The smallest absolute Gasteiger partial charge is 0.0471 e. The van der Waals surface area contributed by atoms with Crippen molar-refractivity contribution in [1.29, 1.82) is 0 Å². The number of nitrogens with two attached hydrogens (primary N) is 1. The van der Waals surface area contributed by atoms with Gasteiger partial charge in [0.05, 0.1) is 0 Å². The highest BCUT2D eigenvalue weighted by molar-refractivity contribution is 5.25. The molecule has 1 aromatic rings. The zero-order valence-corrected chi connectivity index (χ0v) is 10.7. The summed E-state index contributed by atoms with van der Waals surface area (Å²) in [4.78, 5) is 2.48. The van der Waals surface area contributed by atoms with E-state index >= 15 is 0 Å². The normalized spacial score (nSPS) is 19.2. The van der Waals surface area contributed by atoms with Crippen LogP contribution in [0.3, 0.4) is 0 Å². The van der Waals surface area contributed by atoms with Crippen LogP contribution in [0.15, 0.2) is 24.3 Å². The van der Waals surface area contributed by atoms with Crippen molar-refractivity contribution in [1.82, 2.24) is 10.2 Å². The Labute approximate surface area is 104 Å². The molecule has 0 amide bonds. The molecule has 0 aromatic heterocycles. The first-order valence-electron chi connectivity index (χ1n) is 6.58. The summed E-state index contributed by atoms with van der Waals surface area (Å²) in [5.74, 6) is 0. The van der Waals surface area contributed by atoms with E-state index in [1.54, 1.807) is 0 Å². The molecule has 3 N–H and O–H groups in total. The van der Waals surface area contributed by atoms with Crippen LogP contribution in [0.2, 0.25) is 0 Å². The second kappa shape index (κ2) is 6.15. The average molecular weight is 233 g/mol. The van der Waals surface area contributed by atoms with Crippen molar-refractivity contribution in [3.05, 3.63) is 35.4 Å². The number of benzene rings is 1. The lowest BCUT2D eigenvalue weighted by molar-refractivity contribution is 0.178. The molecule has 1 unspecified atom stereocenters. The fourth-order valence-electron chi connectivity index (χ4n) is 2.47. The lowest BCUT2D eigenvalue weighted by atomic mass is 10.0. The minimum atomic E-state index is 0.378. The maximum Gasteiger partial charge on any atom is 0.0471 e. The van der Waals surface area contributed by atoms with Crippen molar-refractivity contribution < 1.29 is 0 Å². The number of nitrogens with zero attached hydrogens (tertiary/aromatic N) is 1. The lowest BCUT2D eigenvalue weighted by Gasteiger charge is -2.34. The molecule has 0 spiro atoms. The van der Waals surface area contributed by atoms with Gasteiger partial charge in [-0.2, -0.15) is 0 Å². The summed E-state index contributed by atoms with van der Waals surface area (Å²) in [5, 5.41) is 3.38. The maximum atomic E-state index is 5.94. The Balaban J connectivity index is 2.10. The second-order valence-electron chi connectivity index (χ2n) is 4.63. The number of piperazine rings is 1. The fourth-order valence-corrected chi connectivity index (χ4v) is 2.47. The van der Waals surface area contributed by atoms with Gasteiger partial charge in [-0.25, -0.2) is 0 Å². The molecular formula is C14H23N3. The third-order valence-corrected chi connectivity index (χ3v) is 3.59. The maximum absolute atomic E-state index is 5.94. The molecule has 0 saturated carbocycles. The van der Waals surface area contributed by atoms with Gasteiger partial charge >= 0.3 is 0 Å². The van der Waals surface area contributed by atoms with Gasteiger partial charge in [-0.3, -0.25) is 4.90 Å². The molecule has 17 heavy (non-hydrogen) atoms. The molecule has 1 heterocycles. The molecule has 94 valence electrons. The highest BCUT2D eigenvalue weighted by Gasteiger charge is 2.20. The minimum absolute atomic E-state index is 0.378. The van der Waals surface area contributed by atoms with Gasteiger partial charge in [-0.1, -0.05) is 31.2 Å². The number of nitrogens with one attached hydrogen (secondary N) is 1. The van der Waals surface area contributed by atoms with E-state index < -0.39 is 0 Å². The largest absolute Gasteiger partial charge is 0.329 e. The Morgan fingerprint density at radius 2 is 1.88 bits per heavy atom. The third-order valence-electron chi connectivity index (χ3n) is 3.59. The molecule has 3 heteroatoms. The van der Waals surface area contributed by atoms with Crippen LogP contribution in [-0.4, -0.2) is 37.6 Å². The number of aryl methyl sites for hydroxylation is 1. The second-order valence-corrected chi connectivity index (χ2v) is 4.63. The molecule has 1 atom stereocenters. The topological polar surface area (TPSA) is 41.3 Å². The van der Waals surface area contributed by atoms with Crippen molar-refractivity contribution >= 4 is 0 Å². The van der Waals surface area contributed by atoms with E-state index in [1.807, 2.05) is 0 Å². The number of hydrogen-bond acceptors (Lipinski definition) is 3. The molecule has 1 aliphatic rings. The van der Waals surface area contributed by atoms with Gasteiger partial charge in [0.2, 0.25) is 0 Å². The van der Waals surface area contributed by atoms with E-state index in [4.69, 9.17) is 5.73 Å². The van der Waals surface area contributed by atoms with E-state index in [9.17, 15) is 0 Å². The van der Waals surface area contributed by atoms with Gasteiger partial charge < -0.3 is 11.1 Å².